The first-order valence-electron chi connectivity index (χ1n) is 11.4. The molecule has 0 fully saturated rings. The number of amides is 2. The van der Waals surface area contributed by atoms with E-state index in [9.17, 15) is 9.59 Å². The van der Waals surface area contributed by atoms with Gasteiger partial charge in [0.15, 0.2) is 0 Å². The van der Waals surface area contributed by atoms with Gasteiger partial charge < -0.3 is 10.6 Å². The molecule has 2 amide bonds. The van der Waals surface area contributed by atoms with Crippen molar-refractivity contribution in [3.63, 3.8) is 0 Å². The Morgan fingerprint density at radius 1 is 0.667 bits per heavy atom. The molecule has 30 heavy (non-hydrogen) atoms. The lowest BCUT2D eigenvalue weighted by Crippen LogP contribution is -2.41. The maximum Gasteiger partial charge on any atom is 0.309 e. The number of unbranched alkanes of at least 4 members (excludes halogenated alkanes) is 7. The second-order valence-corrected chi connectivity index (χ2v) is 7.81. The molecule has 0 spiro atoms. The molecule has 2 rings (SSSR count). The highest BCUT2D eigenvalue weighted by molar-refractivity contribution is 6.35. The van der Waals surface area contributed by atoms with E-state index in [1.165, 1.54) is 38.5 Å². The third-order valence-corrected chi connectivity index (χ3v) is 5.39. The lowest BCUT2D eigenvalue weighted by atomic mass is 9.91. The van der Waals surface area contributed by atoms with Crippen LogP contribution in [0.5, 0.6) is 0 Å². The second-order valence-electron chi connectivity index (χ2n) is 7.81. The third-order valence-electron chi connectivity index (χ3n) is 5.39. The minimum Gasteiger partial charge on any atom is -0.348 e. The van der Waals surface area contributed by atoms with Crippen molar-refractivity contribution in [1.29, 1.82) is 0 Å². The molecule has 2 aromatic carbocycles. The molecule has 0 saturated carbocycles. The van der Waals surface area contributed by atoms with Crippen LogP contribution in [0.25, 0.3) is 0 Å². The van der Waals surface area contributed by atoms with Crippen LogP contribution in [0.2, 0.25) is 0 Å². The highest BCUT2D eigenvalue weighted by Gasteiger charge is 2.18. The van der Waals surface area contributed by atoms with Crippen LogP contribution >= 0.6 is 0 Å². The molecule has 0 aromatic heterocycles. The van der Waals surface area contributed by atoms with E-state index in [-0.39, 0.29) is 5.92 Å². The van der Waals surface area contributed by atoms with Crippen LogP contribution < -0.4 is 10.6 Å². The van der Waals surface area contributed by atoms with Gasteiger partial charge >= 0.3 is 11.8 Å². The Morgan fingerprint density at radius 2 is 1.13 bits per heavy atom. The lowest BCUT2D eigenvalue weighted by Gasteiger charge is -2.18. The van der Waals surface area contributed by atoms with Crippen LogP contribution in [0.1, 0.15) is 75.3 Å². The van der Waals surface area contributed by atoms with Crippen molar-refractivity contribution in [2.45, 2.75) is 64.2 Å². The summed E-state index contributed by atoms with van der Waals surface area (Å²) in [5.41, 5.74) is 2.23. The van der Waals surface area contributed by atoms with Gasteiger partial charge in [0, 0.05) is 19.0 Å². The number of benzene rings is 2. The molecule has 4 heteroatoms. The average Bonchev–Trinajstić information content (AvgIpc) is 2.79. The predicted molar refractivity (Wildman–Crippen MR) is 123 cm³/mol. The molecule has 162 valence electrons. The fourth-order valence-electron chi connectivity index (χ4n) is 3.61. The van der Waals surface area contributed by atoms with Crippen LogP contribution in [-0.4, -0.2) is 24.9 Å². The van der Waals surface area contributed by atoms with Crippen LogP contribution in [-0.2, 0) is 9.59 Å². The second kappa shape index (κ2) is 14.4. The largest absolute Gasteiger partial charge is 0.348 e. The van der Waals surface area contributed by atoms with Gasteiger partial charge in [0.1, 0.15) is 0 Å². The Balaban J connectivity index is 1.71. The first-order valence-corrected chi connectivity index (χ1v) is 11.4. The highest BCUT2D eigenvalue weighted by atomic mass is 16.2. The Hall–Kier alpha value is -2.62. The number of nitrogens with one attached hydrogen (secondary N) is 2. The quantitative estimate of drug-likeness (QED) is 0.354. The van der Waals surface area contributed by atoms with Gasteiger partial charge in [0.2, 0.25) is 0 Å². The smallest absolute Gasteiger partial charge is 0.309 e. The highest BCUT2D eigenvalue weighted by Crippen LogP contribution is 2.23. The monoisotopic (exact) mass is 408 g/mol. The van der Waals surface area contributed by atoms with Crippen molar-refractivity contribution < 1.29 is 9.59 Å². The number of hydrogen-bond donors (Lipinski definition) is 2. The number of carbonyl (C=O) groups excluding carboxylic acids is 2. The summed E-state index contributed by atoms with van der Waals surface area (Å²) in [7, 11) is 0. The van der Waals surface area contributed by atoms with Crippen molar-refractivity contribution >= 4 is 11.8 Å². The summed E-state index contributed by atoms with van der Waals surface area (Å²) in [6, 6.07) is 20.1. The van der Waals surface area contributed by atoms with Crippen LogP contribution in [0.4, 0.5) is 0 Å². The maximum atomic E-state index is 12.3. The van der Waals surface area contributed by atoms with Gasteiger partial charge in [-0.3, -0.25) is 9.59 Å². The first kappa shape index (κ1) is 23.7. The zero-order valence-corrected chi connectivity index (χ0v) is 18.2. The summed E-state index contributed by atoms with van der Waals surface area (Å²) in [4.78, 5) is 24.4. The third kappa shape index (κ3) is 8.81. The predicted octanol–water partition coefficient (Wildman–Crippen LogP) is 5.19. The number of carbonyl (C=O) groups is 2. The van der Waals surface area contributed by atoms with E-state index in [1.54, 1.807) is 0 Å². The number of rotatable bonds is 13. The first-order chi connectivity index (χ1) is 14.7. The molecule has 0 aliphatic carbocycles. The Kier molecular flexibility index (Phi) is 11.3. The minimum atomic E-state index is -0.563. The SMILES string of the molecule is CCCCCCCCCCNC(=O)C(=O)NCC(c1ccccc1)c1ccccc1. The van der Waals surface area contributed by atoms with Crippen LogP contribution in [0.15, 0.2) is 60.7 Å². The van der Waals surface area contributed by atoms with E-state index < -0.39 is 11.8 Å². The fraction of sp³-hybridized carbons (Fsp3) is 0.462. The van der Waals surface area contributed by atoms with E-state index in [2.05, 4.69) is 17.6 Å². The van der Waals surface area contributed by atoms with Gasteiger partial charge in [-0.25, -0.2) is 0 Å². The van der Waals surface area contributed by atoms with Gasteiger partial charge in [-0.05, 0) is 17.5 Å². The zero-order chi connectivity index (χ0) is 21.4. The van der Waals surface area contributed by atoms with Crippen molar-refractivity contribution in [3.05, 3.63) is 71.8 Å². The summed E-state index contributed by atoms with van der Waals surface area (Å²) < 4.78 is 0. The van der Waals surface area contributed by atoms with Crippen molar-refractivity contribution in [2.75, 3.05) is 13.1 Å². The van der Waals surface area contributed by atoms with E-state index in [1.807, 2.05) is 60.7 Å². The molecule has 0 saturated heterocycles. The van der Waals surface area contributed by atoms with Gasteiger partial charge in [-0.1, -0.05) is 113 Å². The summed E-state index contributed by atoms with van der Waals surface area (Å²) in [6.07, 6.45) is 9.68. The normalized spacial score (nSPS) is 10.7. The van der Waals surface area contributed by atoms with Gasteiger partial charge in [0.25, 0.3) is 0 Å². The molecular formula is C26H36N2O2. The Bertz CT molecular complexity index is 692. The summed E-state index contributed by atoms with van der Waals surface area (Å²) in [5.74, 6) is -1.10. The average molecular weight is 409 g/mol. The summed E-state index contributed by atoms with van der Waals surface area (Å²) in [6.45, 7) is 3.17. The van der Waals surface area contributed by atoms with Crippen molar-refractivity contribution in [3.8, 4) is 0 Å². The van der Waals surface area contributed by atoms with E-state index in [4.69, 9.17) is 0 Å². The Morgan fingerprint density at radius 3 is 1.67 bits per heavy atom. The molecule has 0 heterocycles. The number of hydrogen-bond acceptors (Lipinski definition) is 2. The molecular weight excluding hydrogens is 372 g/mol. The molecule has 0 bridgehead atoms. The molecule has 0 atom stereocenters. The molecule has 2 aromatic rings. The fourth-order valence-corrected chi connectivity index (χ4v) is 3.61. The van der Waals surface area contributed by atoms with Crippen molar-refractivity contribution in [2.24, 2.45) is 0 Å². The zero-order valence-electron chi connectivity index (χ0n) is 18.2. The lowest BCUT2D eigenvalue weighted by molar-refractivity contribution is -0.139. The maximum absolute atomic E-state index is 12.3. The van der Waals surface area contributed by atoms with Crippen molar-refractivity contribution in [1.82, 2.24) is 10.6 Å². The van der Waals surface area contributed by atoms with E-state index in [0.717, 1.165) is 24.0 Å². The molecule has 0 aliphatic heterocycles. The topological polar surface area (TPSA) is 58.2 Å². The van der Waals surface area contributed by atoms with E-state index >= 15 is 0 Å². The molecule has 0 aliphatic rings. The molecule has 2 N–H and O–H groups in total. The summed E-state index contributed by atoms with van der Waals surface area (Å²) >= 11 is 0. The van der Waals surface area contributed by atoms with Crippen LogP contribution in [0, 0.1) is 0 Å². The van der Waals surface area contributed by atoms with Gasteiger partial charge in [0.05, 0.1) is 0 Å². The van der Waals surface area contributed by atoms with Crippen LogP contribution in [0.3, 0.4) is 0 Å². The van der Waals surface area contributed by atoms with Gasteiger partial charge in [-0.15, -0.1) is 0 Å². The molecule has 0 unspecified atom stereocenters. The summed E-state index contributed by atoms with van der Waals surface area (Å²) in [5, 5.41) is 5.56. The standard InChI is InChI=1S/C26H36N2O2/c1-2-3-4-5-6-7-8-15-20-27-25(29)26(30)28-21-24(22-16-11-9-12-17-22)23-18-13-10-14-19-23/h9-14,16-19,24H,2-8,15,20-21H2,1H3,(H,27,29)(H,28,30). The Labute approximate surface area is 181 Å². The molecule has 4 nitrogen and oxygen atoms in total. The van der Waals surface area contributed by atoms with E-state index in [0.29, 0.717) is 13.1 Å². The van der Waals surface area contributed by atoms with Gasteiger partial charge in [-0.2, -0.15) is 0 Å². The molecule has 0 radical (unpaired) electrons. The minimum absolute atomic E-state index is 0.0110.